The molecule has 0 bridgehead atoms. The van der Waals surface area contributed by atoms with Gasteiger partial charge in [0, 0.05) is 12.6 Å². The standard InChI is InChI=1S/C11H16F2N2O2S/c1-3-14-7-8(2)18(16,17)15-11-6-9(12)4-5-10(11)13/h4-6,8,14-15H,3,7H2,1-2H3. The van der Waals surface area contributed by atoms with Crippen molar-refractivity contribution in [2.45, 2.75) is 19.1 Å². The molecule has 0 aliphatic heterocycles. The van der Waals surface area contributed by atoms with Gasteiger partial charge < -0.3 is 5.32 Å². The zero-order valence-corrected chi connectivity index (χ0v) is 11.0. The molecule has 2 N–H and O–H groups in total. The number of halogens is 2. The number of nitrogens with one attached hydrogen (secondary N) is 2. The van der Waals surface area contributed by atoms with Gasteiger partial charge in [-0.2, -0.15) is 0 Å². The average Bonchev–Trinajstić information content (AvgIpc) is 2.30. The summed E-state index contributed by atoms with van der Waals surface area (Å²) in [5.41, 5.74) is -0.377. The Morgan fingerprint density at radius 3 is 2.61 bits per heavy atom. The largest absolute Gasteiger partial charge is 0.316 e. The van der Waals surface area contributed by atoms with Crippen LogP contribution in [0.4, 0.5) is 14.5 Å². The van der Waals surface area contributed by atoms with Crippen molar-refractivity contribution in [1.29, 1.82) is 0 Å². The molecule has 0 saturated carbocycles. The van der Waals surface area contributed by atoms with Crippen LogP contribution in [0.15, 0.2) is 18.2 Å². The highest BCUT2D eigenvalue weighted by molar-refractivity contribution is 7.93. The van der Waals surface area contributed by atoms with E-state index in [9.17, 15) is 17.2 Å². The van der Waals surface area contributed by atoms with E-state index in [0.29, 0.717) is 6.54 Å². The van der Waals surface area contributed by atoms with Crippen molar-refractivity contribution in [3.63, 3.8) is 0 Å². The average molecular weight is 278 g/mol. The maximum atomic E-state index is 13.3. The number of anilines is 1. The van der Waals surface area contributed by atoms with Crippen LogP contribution in [0.25, 0.3) is 0 Å². The Morgan fingerprint density at radius 1 is 1.33 bits per heavy atom. The first-order valence-corrected chi connectivity index (χ1v) is 7.09. The van der Waals surface area contributed by atoms with Crippen molar-refractivity contribution in [2.24, 2.45) is 0 Å². The molecule has 18 heavy (non-hydrogen) atoms. The fourth-order valence-corrected chi connectivity index (χ4v) is 2.29. The SMILES string of the molecule is CCNCC(C)S(=O)(=O)Nc1cc(F)ccc1F. The lowest BCUT2D eigenvalue weighted by atomic mass is 10.3. The zero-order chi connectivity index (χ0) is 13.8. The zero-order valence-electron chi connectivity index (χ0n) is 10.2. The predicted octanol–water partition coefficient (Wildman–Crippen LogP) is 1.70. The Kier molecular flexibility index (Phi) is 5.03. The lowest BCUT2D eigenvalue weighted by molar-refractivity contribution is 0.577. The summed E-state index contributed by atoms with van der Waals surface area (Å²) >= 11 is 0. The fourth-order valence-electron chi connectivity index (χ4n) is 1.29. The van der Waals surface area contributed by atoms with E-state index in [1.165, 1.54) is 6.92 Å². The van der Waals surface area contributed by atoms with E-state index in [1.54, 1.807) is 0 Å². The molecule has 0 aliphatic rings. The second kappa shape index (κ2) is 6.10. The van der Waals surface area contributed by atoms with Gasteiger partial charge in [-0.05, 0) is 25.6 Å². The highest BCUT2D eigenvalue weighted by atomic mass is 32.2. The molecule has 4 nitrogen and oxygen atoms in total. The maximum Gasteiger partial charge on any atom is 0.236 e. The first kappa shape index (κ1) is 14.8. The third-order valence-corrected chi connectivity index (χ3v) is 4.12. The minimum Gasteiger partial charge on any atom is -0.316 e. The van der Waals surface area contributed by atoms with Gasteiger partial charge in [0.2, 0.25) is 10.0 Å². The third-order valence-electron chi connectivity index (χ3n) is 2.39. The Bertz CT molecular complexity index is 506. The third kappa shape index (κ3) is 3.92. The van der Waals surface area contributed by atoms with Gasteiger partial charge in [0.25, 0.3) is 0 Å². The molecule has 1 unspecified atom stereocenters. The highest BCUT2D eigenvalue weighted by Crippen LogP contribution is 2.18. The summed E-state index contributed by atoms with van der Waals surface area (Å²) in [7, 11) is -3.74. The Labute approximate surface area is 105 Å². The summed E-state index contributed by atoms with van der Waals surface area (Å²) in [4.78, 5) is 0. The van der Waals surface area contributed by atoms with Gasteiger partial charge in [0.15, 0.2) is 0 Å². The topological polar surface area (TPSA) is 58.2 Å². The van der Waals surface area contributed by atoms with E-state index < -0.39 is 26.9 Å². The predicted molar refractivity (Wildman–Crippen MR) is 66.9 cm³/mol. The van der Waals surface area contributed by atoms with Crippen LogP contribution in [0.5, 0.6) is 0 Å². The number of benzene rings is 1. The molecule has 102 valence electrons. The van der Waals surface area contributed by atoms with Crippen molar-refractivity contribution in [1.82, 2.24) is 5.32 Å². The molecule has 0 spiro atoms. The number of sulfonamides is 1. The highest BCUT2D eigenvalue weighted by Gasteiger charge is 2.21. The monoisotopic (exact) mass is 278 g/mol. The molecule has 1 aromatic rings. The molecule has 0 amide bonds. The van der Waals surface area contributed by atoms with Gasteiger partial charge in [-0.1, -0.05) is 6.92 Å². The molecule has 0 fully saturated rings. The molecule has 1 aromatic carbocycles. The summed E-state index contributed by atoms with van der Waals surface area (Å²) in [5, 5.41) is 2.13. The fraction of sp³-hybridized carbons (Fsp3) is 0.455. The van der Waals surface area contributed by atoms with Gasteiger partial charge in [0.05, 0.1) is 10.9 Å². The minimum absolute atomic E-state index is 0.239. The minimum atomic E-state index is -3.74. The normalized spacial score (nSPS) is 13.3. The molecule has 0 radical (unpaired) electrons. The molecular formula is C11H16F2N2O2S. The van der Waals surface area contributed by atoms with Crippen LogP contribution in [0, 0.1) is 11.6 Å². The van der Waals surface area contributed by atoms with Gasteiger partial charge in [0.1, 0.15) is 11.6 Å². The van der Waals surface area contributed by atoms with Crippen LogP contribution in [0.3, 0.4) is 0 Å². The second-order valence-electron chi connectivity index (χ2n) is 3.89. The Morgan fingerprint density at radius 2 is 2.00 bits per heavy atom. The van der Waals surface area contributed by atoms with E-state index in [-0.39, 0.29) is 12.2 Å². The van der Waals surface area contributed by atoms with Crippen LogP contribution in [-0.2, 0) is 10.0 Å². The van der Waals surface area contributed by atoms with Crippen LogP contribution < -0.4 is 10.0 Å². The molecule has 0 saturated heterocycles. The number of hydrogen-bond acceptors (Lipinski definition) is 3. The van der Waals surface area contributed by atoms with Gasteiger partial charge >= 0.3 is 0 Å². The first-order valence-electron chi connectivity index (χ1n) is 5.54. The quantitative estimate of drug-likeness (QED) is 0.832. The van der Waals surface area contributed by atoms with E-state index in [2.05, 4.69) is 10.0 Å². The molecule has 1 atom stereocenters. The van der Waals surface area contributed by atoms with Crippen LogP contribution in [-0.4, -0.2) is 26.8 Å². The number of rotatable bonds is 6. The summed E-state index contributed by atoms with van der Waals surface area (Å²) < 4.78 is 51.9. The maximum absolute atomic E-state index is 13.3. The van der Waals surface area contributed by atoms with Crippen LogP contribution in [0.1, 0.15) is 13.8 Å². The van der Waals surface area contributed by atoms with Crippen molar-refractivity contribution in [2.75, 3.05) is 17.8 Å². The molecule has 0 heterocycles. The van der Waals surface area contributed by atoms with Crippen molar-refractivity contribution in [3.8, 4) is 0 Å². The summed E-state index contributed by atoms with van der Waals surface area (Å²) in [6.45, 7) is 4.21. The Balaban J connectivity index is 2.85. The van der Waals surface area contributed by atoms with Crippen molar-refractivity contribution < 1.29 is 17.2 Å². The van der Waals surface area contributed by atoms with Crippen LogP contribution in [0.2, 0.25) is 0 Å². The summed E-state index contributed by atoms with van der Waals surface area (Å²) in [5.74, 6) is -1.51. The summed E-state index contributed by atoms with van der Waals surface area (Å²) in [6, 6.07) is 2.62. The smallest absolute Gasteiger partial charge is 0.236 e. The van der Waals surface area contributed by atoms with E-state index in [1.807, 2.05) is 6.92 Å². The molecule has 0 aromatic heterocycles. The van der Waals surface area contributed by atoms with Crippen LogP contribution >= 0.6 is 0 Å². The molecule has 0 aliphatic carbocycles. The molecule has 1 rings (SSSR count). The lowest BCUT2D eigenvalue weighted by Gasteiger charge is -2.15. The van der Waals surface area contributed by atoms with Gasteiger partial charge in [-0.15, -0.1) is 0 Å². The van der Waals surface area contributed by atoms with Gasteiger partial charge in [-0.3, -0.25) is 4.72 Å². The lowest BCUT2D eigenvalue weighted by Crippen LogP contribution is -2.34. The van der Waals surface area contributed by atoms with Gasteiger partial charge in [-0.25, -0.2) is 17.2 Å². The van der Waals surface area contributed by atoms with Crippen molar-refractivity contribution in [3.05, 3.63) is 29.8 Å². The first-order chi connectivity index (χ1) is 8.36. The van der Waals surface area contributed by atoms with E-state index in [0.717, 1.165) is 18.2 Å². The van der Waals surface area contributed by atoms with E-state index in [4.69, 9.17) is 0 Å². The number of hydrogen-bond donors (Lipinski definition) is 2. The summed E-state index contributed by atoms with van der Waals surface area (Å²) in [6.07, 6.45) is 0. The second-order valence-corrected chi connectivity index (χ2v) is 5.99. The Hall–Kier alpha value is -1.21. The molecule has 7 heteroatoms. The van der Waals surface area contributed by atoms with E-state index >= 15 is 0 Å². The van der Waals surface area contributed by atoms with Crippen molar-refractivity contribution >= 4 is 15.7 Å². The molecular weight excluding hydrogens is 262 g/mol.